The minimum atomic E-state index is 0.419. The fourth-order valence-corrected chi connectivity index (χ4v) is 1.64. The van der Waals surface area contributed by atoms with Gasteiger partial charge in [-0.25, -0.2) is 0 Å². The van der Waals surface area contributed by atoms with E-state index in [0.717, 1.165) is 16.9 Å². The molecule has 1 aliphatic rings. The molecule has 1 fully saturated rings. The Bertz CT molecular complexity index is 477. The topological polar surface area (TPSA) is 22.1 Å². The maximum Gasteiger partial charge on any atom is 0.127 e. The number of pyridine rings is 1. The lowest BCUT2D eigenvalue weighted by Crippen LogP contribution is -1.97. The largest absolute Gasteiger partial charge is 0.490 e. The van der Waals surface area contributed by atoms with Crippen LogP contribution in [0.1, 0.15) is 12.8 Å². The summed E-state index contributed by atoms with van der Waals surface area (Å²) in [7, 11) is 0. The average molecular weight is 210 g/mol. The number of para-hydroxylation sites is 1. The first kappa shape index (κ1) is 9.40. The molecule has 0 amide bonds. The quantitative estimate of drug-likeness (QED) is 0.776. The molecule has 2 nitrogen and oxygen atoms in total. The molecule has 0 spiro atoms. The Morgan fingerprint density at radius 1 is 1.19 bits per heavy atom. The lowest BCUT2D eigenvalue weighted by Gasteiger charge is -2.10. The van der Waals surface area contributed by atoms with Crippen LogP contribution in [0.15, 0.2) is 42.7 Å². The van der Waals surface area contributed by atoms with Gasteiger partial charge >= 0.3 is 0 Å². The second-order valence-electron chi connectivity index (χ2n) is 3.97. The van der Waals surface area contributed by atoms with Crippen molar-refractivity contribution in [3.05, 3.63) is 48.8 Å². The second-order valence-corrected chi connectivity index (χ2v) is 3.97. The van der Waals surface area contributed by atoms with Crippen LogP contribution in [0.4, 0.5) is 0 Å². The summed E-state index contributed by atoms with van der Waals surface area (Å²) in [5, 5.41) is 0. The number of hydrogen-bond donors (Lipinski definition) is 0. The molecule has 1 saturated carbocycles. The Kier molecular flexibility index (Phi) is 2.33. The highest BCUT2D eigenvalue weighted by Crippen LogP contribution is 2.34. The first-order valence-electron chi connectivity index (χ1n) is 5.51. The number of nitrogens with zero attached hydrogens (tertiary/aromatic N) is 1. The summed E-state index contributed by atoms with van der Waals surface area (Å²) in [6.07, 6.45) is 6.23. The van der Waals surface area contributed by atoms with Gasteiger partial charge in [-0.3, -0.25) is 4.98 Å². The monoisotopic (exact) mass is 210 g/mol. The smallest absolute Gasteiger partial charge is 0.127 e. The van der Waals surface area contributed by atoms with Crippen molar-refractivity contribution in [2.75, 3.05) is 0 Å². The van der Waals surface area contributed by atoms with E-state index in [-0.39, 0.29) is 0 Å². The molecule has 0 unspecified atom stereocenters. The van der Waals surface area contributed by atoms with Crippen molar-refractivity contribution >= 4 is 0 Å². The first-order valence-corrected chi connectivity index (χ1v) is 5.51. The van der Waals surface area contributed by atoms with Crippen LogP contribution in [-0.2, 0) is 0 Å². The van der Waals surface area contributed by atoms with Gasteiger partial charge in [0.1, 0.15) is 5.75 Å². The van der Waals surface area contributed by atoms with Crippen molar-refractivity contribution in [1.82, 2.24) is 4.98 Å². The van der Waals surface area contributed by atoms with Crippen LogP contribution in [0, 0.1) is 6.07 Å². The van der Waals surface area contributed by atoms with Crippen LogP contribution >= 0.6 is 0 Å². The molecule has 0 atom stereocenters. The molecule has 0 aliphatic heterocycles. The van der Waals surface area contributed by atoms with Gasteiger partial charge in [-0.1, -0.05) is 18.2 Å². The SMILES string of the molecule is [c]1cnccc1-c1ccccc1OC1CC1. The van der Waals surface area contributed by atoms with E-state index in [0.29, 0.717) is 6.10 Å². The Morgan fingerprint density at radius 3 is 2.81 bits per heavy atom. The minimum Gasteiger partial charge on any atom is -0.490 e. The maximum atomic E-state index is 5.87. The van der Waals surface area contributed by atoms with E-state index in [1.807, 2.05) is 24.3 Å². The lowest BCUT2D eigenvalue weighted by atomic mass is 10.1. The molecule has 1 aliphatic carbocycles. The second kappa shape index (κ2) is 3.97. The van der Waals surface area contributed by atoms with Crippen molar-refractivity contribution in [2.24, 2.45) is 0 Å². The van der Waals surface area contributed by atoms with Crippen molar-refractivity contribution in [3.8, 4) is 16.9 Å². The van der Waals surface area contributed by atoms with Crippen LogP contribution in [0.25, 0.3) is 11.1 Å². The molecule has 1 radical (unpaired) electrons. The average Bonchev–Trinajstić information content (AvgIpc) is 3.15. The normalized spacial score (nSPS) is 14.8. The fraction of sp³-hybridized carbons (Fsp3) is 0.214. The molecular weight excluding hydrogens is 198 g/mol. The molecule has 1 aromatic carbocycles. The van der Waals surface area contributed by atoms with Crippen molar-refractivity contribution in [1.29, 1.82) is 0 Å². The third-order valence-electron chi connectivity index (χ3n) is 2.62. The van der Waals surface area contributed by atoms with Gasteiger partial charge in [-0.2, -0.15) is 0 Å². The van der Waals surface area contributed by atoms with Gasteiger partial charge in [-0.15, -0.1) is 0 Å². The zero-order chi connectivity index (χ0) is 10.8. The zero-order valence-corrected chi connectivity index (χ0v) is 8.89. The van der Waals surface area contributed by atoms with Gasteiger partial charge in [0.25, 0.3) is 0 Å². The Balaban J connectivity index is 1.98. The Hall–Kier alpha value is -1.83. The number of hydrogen-bond acceptors (Lipinski definition) is 2. The molecule has 16 heavy (non-hydrogen) atoms. The lowest BCUT2D eigenvalue weighted by molar-refractivity contribution is 0.304. The molecule has 3 rings (SSSR count). The van der Waals surface area contributed by atoms with Crippen LogP contribution in [0.5, 0.6) is 5.75 Å². The van der Waals surface area contributed by atoms with Gasteiger partial charge in [0, 0.05) is 24.0 Å². The Labute approximate surface area is 94.9 Å². The van der Waals surface area contributed by atoms with Crippen molar-refractivity contribution in [3.63, 3.8) is 0 Å². The van der Waals surface area contributed by atoms with Gasteiger partial charge < -0.3 is 4.74 Å². The molecule has 0 saturated heterocycles. The Morgan fingerprint density at radius 2 is 2.06 bits per heavy atom. The van der Waals surface area contributed by atoms with Crippen LogP contribution in [-0.4, -0.2) is 11.1 Å². The molecule has 0 N–H and O–H groups in total. The summed E-state index contributed by atoms with van der Waals surface area (Å²) >= 11 is 0. The van der Waals surface area contributed by atoms with Crippen LogP contribution in [0.3, 0.4) is 0 Å². The van der Waals surface area contributed by atoms with E-state index < -0.39 is 0 Å². The van der Waals surface area contributed by atoms with Gasteiger partial charge in [-0.05, 0) is 30.5 Å². The zero-order valence-electron chi connectivity index (χ0n) is 8.89. The predicted molar refractivity (Wildman–Crippen MR) is 62.2 cm³/mol. The molecule has 1 aromatic heterocycles. The highest BCUT2D eigenvalue weighted by Gasteiger charge is 2.24. The van der Waals surface area contributed by atoms with Crippen LogP contribution in [0.2, 0.25) is 0 Å². The number of aromatic nitrogens is 1. The van der Waals surface area contributed by atoms with E-state index in [4.69, 9.17) is 4.74 Å². The molecule has 2 heteroatoms. The summed E-state index contributed by atoms with van der Waals surface area (Å²) in [6, 6.07) is 13.2. The van der Waals surface area contributed by atoms with E-state index in [1.54, 1.807) is 12.4 Å². The molecule has 79 valence electrons. The summed E-state index contributed by atoms with van der Waals surface area (Å²) in [5.74, 6) is 0.951. The number of ether oxygens (including phenoxy) is 1. The first-order chi connectivity index (χ1) is 7.93. The number of rotatable bonds is 3. The summed E-state index contributed by atoms with van der Waals surface area (Å²) in [6.45, 7) is 0. The summed E-state index contributed by atoms with van der Waals surface area (Å²) < 4.78 is 5.87. The van der Waals surface area contributed by atoms with Crippen molar-refractivity contribution in [2.45, 2.75) is 18.9 Å². The van der Waals surface area contributed by atoms with E-state index in [1.165, 1.54) is 12.8 Å². The fourth-order valence-electron chi connectivity index (χ4n) is 1.64. The van der Waals surface area contributed by atoms with E-state index in [9.17, 15) is 0 Å². The minimum absolute atomic E-state index is 0.419. The van der Waals surface area contributed by atoms with Crippen LogP contribution < -0.4 is 4.74 Å². The summed E-state index contributed by atoms with van der Waals surface area (Å²) in [4.78, 5) is 3.98. The number of benzene rings is 1. The predicted octanol–water partition coefficient (Wildman–Crippen LogP) is 3.09. The highest BCUT2D eigenvalue weighted by molar-refractivity contribution is 5.69. The van der Waals surface area contributed by atoms with Gasteiger partial charge in [0.2, 0.25) is 0 Å². The highest BCUT2D eigenvalue weighted by atomic mass is 16.5. The van der Waals surface area contributed by atoms with Gasteiger partial charge in [0.15, 0.2) is 0 Å². The van der Waals surface area contributed by atoms with E-state index in [2.05, 4.69) is 17.1 Å². The van der Waals surface area contributed by atoms with E-state index >= 15 is 0 Å². The van der Waals surface area contributed by atoms with Gasteiger partial charge in [0.05, 0.1) is 6.10 Å². The van der Waals surface area contributed by atoms with Crippen molar-refractivity contribution < 1.29 is 4.74 Å². The molecule has 1 heterocycles. The maximum absolute atomic E-state index is 5.87. The molecular formula is C14H12NO. The molecule has 2 aromatic rings. The molecule has 0 bridgehead atoms. The standard InChI is InChI=1S/C14H12NO/c1-2-4-14(16-12-5-6-12)13(3-1)11-7-9-15-10-8-11/h1-4,7,9-10,12H,5-6H2. The third-order valence-corrected chi connectivity index (χ3v) is 2.62. The summed E-state index contributed by atoms with van der Waals surface area (Å²) in [5.41, 5.74) is 2.13. The third kappa shape index (κ3) is 1.91.